The van der Waals surface area contributed by atoms with Crippen LogP contribution in [0.3, 0.4) is 0 Å². The van der Waals surface area contributed by atoms with Crippen molar-refractivity contribution in [3.05, 3.63) is 58.3 Å². The molecule has 4 rings (SSSR count). The molecule has 128 valence electrons. The number of amides is 1. The first kappa shape index (κ1) is 16.1. The summed E-state index contributed by atoms with van der Waals surface area (Å²) >= 11 is 1.64. The molecule has 0 radical (unpaired) electrons. The van der Waals surface area contributed by atoms with E-state index in [1.165, 1.54) is 0 Å². The molecule has 0 unspecified atom stereocenters. The van der Waals surface area contributed by atoms with Crippen LogP contribution in [0.15, 0.2) is 47.8 Å². The topological polar surface area (TPSA) is 54.5 Å². The average Bonchev–Trinajstić information content (AvgIpc) is 3.19. The summed E-state index contributed by atoms with van der Waals surface area (Å²) in [6.45, 7) is 3.51. The highest BCUT2D eigenvalue weighted by molar-refractivity contribution is 7.09. The Balaban J connectivity index is 1.66. The minimum atomic E-state index is -0.0680. The van der Waals surface area contributed by atoms with Gasteiger partial charge in [0.1, 0.15) is 5.82 Å². The first-order valence-electron chi connectivity index (χ1n) is 8.34. The molecule has 25 heavy (non-hydrogen) atoms. The number of anilines is 1. The number of morpholine rings is 1. The molecule has 1 fully saturated rings. The van der Waals surface area contributed by atoms with Gasteiger partial charge in [0.25, 0.3) is 5.91 Å². The lowest BCUT2D eigenvalue weighted by molar-refractivity contribution is 0.0953. The van der Waals surface area contributed by atoms with Gasteiger partial charge in [-0.2, -0.15) is 0 Å². The predicted molar refractivity (Wildman–Crippen MR) is 100 cm³/mol. The zero-order chi connectivity index (χ0) is 17.1. The summed E-state index contributed by atoms with van der Waals surface area (Å²) in [6.07, 6.45) is 0. The molecule has 0 saturated carbocycles. The van der Waals surface area contributed by atoms with Gasteiger partial charge in [0, 0.05) is 23.4 Å². The van der Waals surface area contributed by atoms with E-state index in [2.05, 4.69) is 10.2 Å². The standard InChI is InChI=1S/C19H19N3O2S/c23-19(20-13-14-4-3-11-25-14)16-12-18(22-7-9-24-10-8-22)21-17-6-2-1-5-15(16)17/h1-6,11-12H,7-10,13H2,(H,20,23). The van der Waals surface area contributed by atoms with Crippen LogP contribution in [0, 0.1) is 0 Å². The molecule has 0 aliphatic carbocycles. The number of pyridine rings is 1. The highest BCUT2D eigenvalue weighted by atomic mass is 32.1. The number of nitrogens with one attached hydrogen (secondary N) is 1. The molecule has 1 aliphatic rings. The van der Waals surface area contributed by atoms with Crippen molar-refractivity contribution in [2.45, 2.75) is 6.54 Å². The van der Waals surface area contributed by atoms with Crippen molar-refractivity contribution in [1.82, 2.24) is 10.3 Å². The van der Waals surface area contributed by atoms with Crippen molar-refractivity contribution in [2.24, 2.45) is 0 Å². The van der Waals surface area contributed by atoms with Gasteiger partial charge in [-0.15, -0.1) is 11.3 Å². The molecule has 0 atom stereocenters. The number of carbonyl (C=O) groups is 1. The van der Waals surface area contributed by atoms with Crippen LogP contribution in [-0.4, -0.2) is 37.2 Å². The Morgan fingerprint density at radius 2 is 2.04 bits per heavy atom. The number of hydrogen-bond acceptors (Lipinski definition) is 5. The molecule has 5 nitrogen and oxygen atoms in total. The zero-order valence-electron chi connectivity index (χ0n) is 13.8. The average molecular weight is 353 g/mol. The maximum absolute atomic E-state index is 12.8. The Morgan fingerprint density at radius 1 is 1.20 bits per heavy atom. The predicted octanol–water partition coefficient (Wildman–Crippen LogP) is 3.06. The van der Waals surface area contributed by atoms with Gasteiger partial charge >= 0.3 is 0 Å². The molecular formula is C19H19N3O2S. The van der Waals surface area contributed by atoms with Crippen LogP contribution in [-0.2, 0) is 11.3 Å². The first-order chi connectivity index (χ1) is 12.3. The van der Waals surface area contributed by atoms with Crippen molar-refractivity contribution in [3.63, 3.8) is 0 Å². The summed E-state index contributed by atoms with van der Waals surface area (Å²) in [4.78, 5) is 20.9. The Morgan fingerprint density at radius 3 is 2.84 bits per heavy atom. The van der Waals surface area contributed by atoms with Gasteiger partial charge in [-0.05, 0) is 23.6 Å². The number of nitrogens with zero attached hydrogens (tertiary/aromatic N) is 2. The molecule has 0 bridgehead atoms. The molecular weight excluding hydrogens is 334 g/mol. The minimum absolute atomic E-state index is 0.0680. The van der Waals surface area contributed by atoms with Gasteiger partial charge in [0.05, 0.1) is 30.8 Å². The molecule has 3 heterocycles. The number of fused-ring (bicyclic) bond motifs is 1. The molecule has 1 aliphatic heterocycles. The van der Waals surface area contributed by atoms with Crippen LogP contribution in [0.2, 0.25) is 0 Å². The van der Waals surface area contributed by atoms with E-state index in [1.54, 1.807) is 11.3 Å². The molecule has 1 saturated heterocycles. The molecule has 6 heteroatoms. The molecule has 0 spiro atoms. The van der Waals surface area contributed by atoms with Gasteiger partial charge in [-0.1, -0.05) is 24.3 Å². The second-order valence-corrected chi connectivity index (χ2v) is 6.94. The lowest BCUT2D eigenvalue weighted by Gasteiger charge is -2.28. The number of aromatic nitrogens is 1. The van der Waals surface area contributed by atoms with E-state index in [4.69, 9.17) is 9.72 Å². The van der Waals surface area contributed by atoms with Crippen molar-refractivity contribution in [2.75, 3.05) is 31.2 Å². The van der Waals surface area contributed by atoms with Crippen molar-refractivity contribution in [3.8, 4) is 0 Å². The number of para-hydroxylation sites is 1. The monoisotopic (exact) mass is 353 g/mol. The highest BCUT2D eigenvalue weighted by Crippen LogP contribution is 2.24. The number of ether oxygens (including phenoxy) is 1. The Bertz CT molecular complexity index is 874. The second kappa shape index (κ2) is 7.21. The van der Waals surface area contributed by atoms with Crippen molar-refractivity contribution >= 4 is 34.0 Å². The van der Waals surface area contributed by atoms with Crippen LogP contribution in [0.1, 0.15) is 15.2 Å². The van der Waals surface area contributed by atoms with Crippen LogP contribution in [0.5, 0.6) is 0 Å². The SMILES string of the molecule is O=C(NCc1cccs1)c1cc(N2CCOCC2)nc2ccccc12. The van der Waals surface area contributed by atoms with Crippen LogP contribution in [0.4, 0.5) is 5.82 Å². The third-order valence-corrected chi connectivity index (χ3v) is 5.16. The number of thiophene rings is 1. The van der Waals surface area contributed by atoms with Crippen molar-refractivity contribution in [1.29, 1.82) is 0 Å². The van der Waals surface area contributed by atoms with Crippen LogP contribution >= 0.6 is 11.3 Å². The van der Waals surface area contributed by atoms with Crippen molar-refractivity contribution < 1.29 is 9.53 Å². The zero-order valence-corrected chi connectivity index (χ0v) is 14.6. The number of carbonyl (C=O) groups excluding carboxylic acids is 1. The summed E-state index contributed by atoms with van der Waals surface area (Å²) in [5, 5.41) is 5.92. The first-order valence-corrected chi connectivity index (χ1v) is 9.22. The number of hydrogen-bond donors (Lipinski definition) is 1. The van der Waals surface area contributed by atoms with Crippen LogP contribution < -0.4 is 10.2 Å². The lowest BCUT2D eigenvalue weighted by Crippen LogP contribution is -2.37. The maximum atomic E-state index is 12.8. The summed E-state index contributed by atoms with van der Waals surface area (Å²) < 4.78 is 5.42. The van der Waals surface area contributed by atoms with E-state index in [0.29, 0.717) is 25.3 Å². The minimum Gasteiger partial charge on any atom is -0.378 e. The van der Waals surface area contributed by atoms with Crippen LogP contribution in [0.25, 0.3) is 10.9 Å². The molecule has 1 N–H and O–H groups in total. The van der Waals surface area contributed by atoms with E-state index in [-0.39, 0.29) is 5.91 Å². The quantitative estimate of drug-likeness (QED) is 0.783. The Hall–Kier alpha value is -2.44. The fourth-order valence-electron chi connectivity index (χ4n) is 2.98. The van der Waals surface area contributed by atoms with E-state index in [9.17, 15) is 4.79 Å². The maximum Gasteiger partial charge on any atom is 0.252 e. The van der Waals surface area contributed by atoms with E-state index in [1.807, 2.05) is 47.8 Å². The summed E-state index contributed by atoms with van der Waals surface area (Å²) in [7, 11) is 0. The fourth-order valence-corrected chi connectivity index (χ4v) is 3.62. The van der Waals surface area contributed by atoms with E-state index >= 15 is 0 Å². The Labute approximate surface area is 150 Å². The van der Waals surface area contributed by atoms with Gasteiger partial charge in [-0.3, -0.25) is 4.79 Å². The third kappa shape index (κ3) is 3.50. The van der Waals surface area contributed by atoms with Gasteiger partial charge in [0.15, 0.2) is 0 Å². The largest absolute Gasteiger partial charge is 0.378 e. The number of benzene rings is 1. The number of rotatable bonds is 4. The van der Waals surface area contributed by atoms with E-state index < -0.39 is 0 Å². The molecule has 3 aromatic rings. The molecule has 1 amide bonds. The molecule has 2 aromatic heterocycles. The fraction of sp³-hybridized carbons (Fsp3) is 0.263. The second-order valence-electron chi connectivity index (χ2n) is 5.91. The smallest absolute Gasteiger partial charge is 0.252 e. The van der Waals surface area contributed by atoms with E-state index in [0.717, 1.165) is 34.7 Å². The summed E-state index contributed by atoms with van der Waals surface area (Å²) in [6, 6.07) is 13.7. The third-order valence-electron chi connectivity index (χ3n) is 4.29. The highest BCUT2D eigenvalue weighted by Gasteiger charge is 2.18. The van der Waals surface area contributed by atoms with Gasteiger partial charge in [0.2, 0.25) is 0 Å². The molecule has 1 aromatic carbocycles. The normalized spacial score (nSPS) is 14.6. The van der Waals surface area contributed by atoms with Gasteiger partial charge in [-0.25, -0.2) is 4.98 Å². The summed E-state index contributed by atoms with van der Waals surface area (Å²) in [5.74, 6) is 0.768. The lowest BCUT2D eigenvalue weighted by atomic mass is 10.1. The summed E-state index contributed by atoms with van der Waals surface area (Å²) in [5.41, 5.74) is 1.51. The Kier molecular flexibility index (Phi) is 4.63. The van der Waals surface area contributed by atoms with Gasteiger partial charge < -0.3 is 15.0 Å².